The maximum absolute atomic E-state index is 5.16. The van der Waals surface area contributed by atoms with E-state index in [2.05, 4.69) is 152 Å². The first-order chi connectivity index (χ1) is 25.6. The second-order valence-electron chi connectivity index (χ2n) is 14.0. The third-order valence-electron chi connectivity index (χ3n) is 10.7. The lowest BCUT2D eigenvalue weighted by Crippen LogP contribution is -2.14. The third kappa shape index (κ3) is 4.65. The molecule has 10 rings (SSSR count). The molecular formula is C48H34N4. The van der Waals surface area contributed by atoms with E-state index >= 15 is 0 Å². The van der Waals surface area contributed by atoms with E-state index in [9.17, 15) is 0 Å². The number of aromatic nitrogens is 4. The Balaban J connectivity index is 1.25. The van der Waals surface area contributed by atoms with Crippen LogP contribution in [0.3, 0.4) is 0 Å². The minimum atomic E-state index is -0.0635. The van der Waals surface area contributed by atoms with Crippen LogP contribution in [0.5, 0.6) is 0 Å². The quantitative estimate of drug-likeness (QED) is 0.184. The average Bonchev–Trinajstić information content (AvgIpc) is 3.67. The molecule has 1 aliphatic rings. The van der Waals surface area contributed by atoms with Crippen molar-refractivity contribution in [1.29, 1.82) is 0 Å². The fourth-order valence-electron chi connectivity index (χ4n) is 8.19. The predicted octanol–water partition coefficient (Wildman–Crippen LogP) is 11.9. The van der Waals surface area contributed by atoms with E-state index in [1.54, 1.807) is 0 Å². The summed E-state index contributed by atoms with van der Waals surface area (Å²) < 4.78 is 2.37. The highest BCUT2D eigenvalue weighted by Crippen LogP contribution is 2.52. The molecule has 0 fully saturated rings. The van der Waals surface area contributed by atoms with E-state index in [0.29, 0.717) is 17.5 Å². The van der Waals surface area contributed by atoms with E-state index in [4.69, 9.17) is 15.0 Å². The highest BCUT2D eigenvalue weighted by Gasteiger charge is 2.36. The zero-order valence-electron chi connectivity index (χ0n) is 29.0. The van der Waals surface area contributed by atoms with Crippen LogP contribution >= 0.6 is 0 Å². The normalized spacial score (nSPS) is 13.0. The van der Waals surface area contributed by atoms with Gasteiger partial charge in [-0.05, 0) is 63.7 Å². The smallest absolute Gasteiger partial charge is 0.166 e. The van der Waals surface area contributed by atoms with E-state index in [1.807, 2.05) is 36.4 Å². The van der Waals surface area contributed by atoms with Crippen LogP contribution in [0.25, 0.3) is 83.9 Å². The summed E-state index contributed by atoms with van der Waals surface area (Å²) in [6.45, 7) is 4.68. The van der Waals surface area contributed by atoms with Gasteiger partial charge in [0.25, 0.3) is 0 Å². The zero-order chi connectivity index (χ0) is 34.8. The van der Waals surface area contributed by atoms with E-state index < -0.39 is 0 Å². The molecule has 0 aliphatic heterocycles. The minimum Gasteiger partial charge on any atom is -0.308 e. The lowest BCUT2D eigenvalue weighted by Gasteiger charge is -2.21. The van der Waals surface area contributed by atoms with Crippen molar-refractivity contribution in [3.05, 3.63) is 181 Å². The van der Waals surface area contributed by atoms with Gasteiger partial charge in [0.15, 0.2) is 17.5 Å². The summed E-state index contributed by atoms with van der Waals surface area (Å²) in [6, 6.07) is 60.1. The van der Waals surface area contributed by atoms with Gasteiger partial charge in [0.05, 0.1) is 11.0 Å². The summed E-state index contributed by atoms with van der Waals surface area (Å²) >= 11 is 0. The van der Waals surface area contributed by atoms with Gasteiger partial charge in [-0.15, -0.1) is 0 Å². The number of hydrogen-bond acceptors (Lipinski definition) is 3. The van der Waals surface area contributed by atoms with Crippen LogP contribution in [0.1, 0.15) is 25.0 Å². The first kappa shape index (κ1) is 30.2. The van der Waals surface area contributed by atoms with Gasteiger partial charge in [0.1, 0.15) is 0 Å². The molecule has 0 saturated carbocycles. The van der Waals surface area contributed by atoms with Gasteiger partial charge in [-0.25, -0.2) is 15.0 Å². The molecule has 0 N–H and O–H groups in total. The van der Waals surface area contributed by atoms with Crippen LogP contribution in [0.15, 0.2) is 170 Å². The highest BCUT2D eigenvalue weighted by atomic mass is 15.0. The number of benzene rings is 7. The molecule has 1 aliphatic carbocycles. The van der Waals surface area contributed by atoms with Crippen molar-refractivity contribution >= 4 is 21.8 Å². The Bertz CT molecular complexity index is 2740. The maximum Gasteiger partial charge on any atom is 0.166 e. The Morgan fingerprint density at radius 3 is 1.69 bits per heavy atom. The summed E-state index contributed by atoms with van der Waals surface area (Å²) in [5.41, 5.74) is 13.9. The number of nitrogens with zero attached hydrogens (tertiary/aromatic N) is 4. The third-order valence-corrected chi connectivity index (χ3v) is 10.7. The molecule has 0 saturated heterocycles. The Labute approximate surface area is 302 Å². The van der Waals surface area contributed by atoms with Gasteiger partial charge in [0, 0.05) is 38.6 Å². The Morgan fingerprint density at radius 2 is 0.981 bits per heavy atom. The van der Waals surface area contributed by atoms with Crippen molar-refractivity contribution in [1.82, 2.24) is 19.5 Å². The number of para-hydroxylation sites is 2. The second-order valence-corrected chi connectivity index (χ2v) is 14.0. The van der Waals surface area contributed by atoms with Crippen LogP contribution in [0.4, 0.5) is 0 Å². The summed E-state index contributed by atoms with van der Waals surface area (Å²) in [7, 11) is 0. The first-order valence-corrected chi connectivity index (χ1v) is 17.8. The molecule has 0 bridgehead atoms. The van der Waals surface area contributed by atoms with Crippen LogP contribution < -0.4 is 0 Å². The molecular weight excluding hydrogens is 633 g/mol. The number of fused-ring (bicyclic) bond motifs is 6. The van der Waals surface area contributed by atoms with Crippen LogP contribution in [0.2, 0.25) is 0 Å². The van der Waals surface area contributed by atoms with E-state index in [0.717, 1.165) is 38.8 Å². The molecule has 246 valence electrons. The Hall–Kier alpha value is -6.65. The van der Waals surface area contributed by atoms with Gasteiger partial charge in [0.2, 0.25) is 0 Å². The van der Waals surface area contributed by atoms with Gasteiger partial charge in [-0.2, -0.15) is 0 Å². The summed E-state index contributed by atoms with van der Waals surface area (Å²) in [4.78, 5) is 15.3. The molecule has 0 atom stereocenters. The molecule has 4 heteroatoms. The molecule has 52 heavy (non-hydrogen) atoms. The van der Waals surface area contributed by atoms with Gasteiger partial charge in [-0.3, -0.25) is 0 Å². The molecule has 0 amide bonds. The van der Waals surface area contributed by atoms with Gasteiger partial charge in [-0.1, -0.05) is 153 Å². The van der Waals surface area contributed by atoms with Crippen molar-refractivity contribution in [3.63, 3.8) is 0 Å². The fourth-order valence-corrected chi connectivity index (χ4v) is 8.19. The van der Waals surface area contributed by atoms with Crippen molar-refractivity contribution in [3.8, 4) is 62.1 Å². The zero-order valence-corrected chi connectivity index (χ0v) is 29.0. The maximum atomic E-state index is 5.16. The van der Waals surface area contributed by atoms with Gasteiger partial charge < -0.3 is 4.57 Å². The van der Waals surface area contributed by atoms with E-state index in [1.165, 1.54) is 38.8 Å². The molecule has 2 aromatic heterocycles. The molecule has 4 nitrogen and oxygen atoms in total. The number of hydrogen-bond donors (Lipinski definition) is 0. The van der Waals surface area contributed by atoms with Gasteiger partial charge >= 0.3 is 0 Å². The SMILES string of the molecule is CC1(C)c2ccccc2-c2c(-c3ccc4c(c3)c3cccc(-c5nc(-c6ccccc6)nc(-c6ccccc6)n5)c3n4-c3ccccc3)cccc21. The fraction of sp³-hybridized carbons (Fsp3) is 0.0625. The Kier molecular flexibility index (Phi) is 6.80. The lowest BCUT2D eigenvalue weighted by molar-refractivity contribution is 0.660. The molecule has 7 aromatic carbocycles. The first-order valence-electron chi connectivity index (χ1n) is 17.8. The van der Waals surface area contributed by atoms with E-state index in [-0.39, 0.29) is 5.41 Å². The highest BCUT2D eigenvalue weighted by molar-refractivity contribution is 6.14. The summed E-state index contributed by atoms with van der Waals surface area (Å²) in [6.07, 6.45) is 0. The molecule has 2 heterocycles. The molecule has 0 radical (unpaired) electrons. The standard InChI is InChI=1S/C48H34N4/c1-48(2)40-26-13-12-22-37(40)43-35(23-15-27-41(43)48)33-28-29-42-39(30-33)36-24-14-25-38(44(36)52(42)34-20-10-5-11-21-34)47-50-45(31-16-6-3-7-17-31)49-46(51-47)32-18-8-4-9-19-32/h3-30H,1-2H3. The van der Waals surface area contributed by atoms with Crippen LogP contribution in [0, 0.1) is 0 Å². The van der Waals surface area contributed by atoms with Crippen LogP contribution in [-0.2, 0) is 5.41 Å². The van der Waals surface area contributed by atoms with Crippen molar-refractivity contribution < 1.29 is 0 Å². The largest absolute Gasteiger partial charge is 0.308 e. The van der Waals surface area contributed by atoms with Crippen LogP contribution in [-0.4, -0.2) is 19.5 Å². The summed E-state index contributed by atoms with van der Waals surface area (Å²) in [5, 5.41) is 2.33. The summed E-state index contributed by atoms with van der Waals surface area (Å²) in [5.74, 6) is 1.93. The van der Waals surface area contributed by atoms with Crippen molar-refractivity contribution in [2.24, 2.45) is 0 Å². The lowest BCUT2D eigenvalue weighted by atomic mass is 9.82. The second kappa shape index (κ2) is 11.7. The molecule has 0 spiro atoms. The van der Waals surface area contributed by atoms with Crippen molar-refractivity contribution in [2.45, 2.75) is 19.3 Å². The monoisotopic (exact) mass is 666 g/mol. The molecule has 9 aromatic rings. The molecule has 0 unspecified atom stereocenters. The number of rotatable bonds is 5. The average molecular weight is 667 g/mol. The Morgan fingerprint density at radius 1 is 0.423 bits per heavy atom. The van der Waals surface area contributed by atoms with Crippen molar-refractivity contribution in [2.75, 3.05) is 0 Å². The topological polar surface area (TPSA) is 43.6 Å². The predicted molar refractivity (Wildman–Crippen MR) is 213 cm³/mol. The minimum absolute atomic E-state index is 0.0635.